The number of rotatable bonds is 2. The van der Waals surface area contributed by atoms with Crippen molar-refractivity contribution in [3.63, 3.8) is 0 Å². The summed E-state index contributed by atoms with van der Waals surface area (Å²) in [6.45, 7) is 6.71. The summed E-state index contributed by atoms with van der Waals surface area (Å²) in [6, 6.07) is 4.89. The minimum atomic E-state index is -3.79. The number of likely N-dealkylation sites (tertiary alicyclic amines) is 1. The zero-order chi connectivity index (χ0) is 21.7. The second kappa shape index (κ2) is 7.66. The van der Waals surface area contributed by atoms with E-state index in [1.165, 1.54) is 10.5 Å². The van der Waals surface area contributed by atoms with Crippen LogP contribution in [0.3, 0.4) is 0 Å². The number of hydrogen-bond acceptors (Lipinski definition) is 5. The van der Waals surface area contributed by atoms with E-state index >= 15 is 0 Å². The highest BCUT2D eigenvalue weighted by atomic mass is 35.5. The average Bonchev–Trinajstić information content (AvgIpc) is 3.11. The fourth-order valence-electron chi connectivity index (χ4n) is 4.40. The predicted molar refractivity (Wildman–Crippen MR) is 115 cm³/mol. The summed E-state index contributed by atoms with van der Waals surface area (Å²) in [7, 11) is -3.79. The molecule has 7 nitrogen and oxygen atoms in total. The van der Waals surface area contributed by atoms with Gasteiger partial charge in [-0.15, -0.1) is 0 Å². The zero-order valence-electron chi connectivity index (χ0n) is 17.3. The van der Waals surface area contributed by atoms with Gasteiger partial charge in [0.2, 0.25) is 10.0 Å². The van der Waals surface area contributed by atoms with Crippen LogP contribution in [0, 0.1) is 5.92 Å². The van der Waals surface area contributed by atoms with Crippen LogP contribution in [0.2, 0.25) is 5.02 Å². The minimum absolute atomic E-state index is 0.0909. The Hall–Kier alpha value is -1.90. The molecule has 1 aromatic heterocycles. The highest BCUT2D eigenvalue weighted by molar-refractivity contribution is 7.89. The van der Waals surface area contributed by atoms with E-state index in [4.69, 9.17) is 16.3 Å². The van der Waals surface area contributed by atoms with E-state index in [-0.39, 0.29) is 29.5 Å². The van der Waals surface area contributed by atoms with Crippen molar-refractivity contribution < 1.29 is 17.9 Å². The highest BCUT2D eigenvalue weighted by Crippen LogP contribution is 2.37. The van der Waals surface area contributed by atoms with Gasteiger partial charge in [-0.05, 0) is 45.6 Å². The van der Waals surface area contributed by atoms with Crippen LogP contribution >= 0.6 is 11.6 Å². The molecule has 2 fully saturated rings. The van der Waals surface area contributed by atoms with Crippen LogP contribution < -0.4 is 0 Å². The number of pyridine rings is 1. The van der Waals surface area contributed by atoms with Gasteiger partial charge in [-0.1, -0.05) is 23.7 Å². The molecule has 2 aromatic rings. The molecule has 0 radical (unpaired) electrons. The van der Waals surface area contributed by atoms with Crippen molar-refractivity contribution in [1.82, 2.24) is 14.2 Å². The lowest BCUT2D eigenvalue weighted by Gasteiger charge is -2.37. The molecule has 1 aromatic carbocycles. The van der Waals surface area contributed by atoms with E-state index in [0.717, 1.165) is 12.8 Å². The van der Waals surface area contributed by atoms with Gasteiger partial charge >= 0.3 is 6.09 Å². The predicted octanol–water partition coefficient (Wildman–Crippen LogP) is 3.91. The first kappa shape index (κ1) is 21.3. The molecule has 4 rings (SSSR count). The second-order valence-corrected chi connectivity index (χ2v) is 11.3. The lowest BCUT2D eigenvalue weighted by atomic mass is 9.92. The number of fused-ring (bicyclic) bond motifs is 2. The summed E-state index contributed by atoms with van der Waals surface area (Å²) in [5, 5.41) is 1.46. The number of ether oxygens (including phenoxy) is 1. The largest absolute Gasteiger partial charge is 0.444 e. The Bertz CT molecular complexity index is 1080. The summed E-state index contributed by atoms with van der Waals surface area (Å²) in [5.74, 6) is 0.0909. The average molecular weight is 452 g/mol. The topological polar surface area (TPSA) is 79.8 Å². The van der Waals surface area contributed by atoms with Crippen LogP contribution in [-0.4, -0.2) is 60.0 Å². The minimum Gasteiger partial charge on any atom is -0.444 e. The summed E-state index contributed by atoms with van der Waals surface area (Å²) in [4.78, 5) is 18.6. The third-order valence-electron chi connectivity index (χ3n) is 5.69. The molecule has 9 heteroatoms. The summed E-state index contributed by atoms with van der Waals surface area (Å²) in [6.07, 6.45) is 4.40. The maximum Gasteiger partial charge on any atom is 0.410 e. The first-order valence-electron chi connectivity index (χ1n) is 10.1. The van der Waals surface area contributed by atoms with Crippen LogP contribution in [-0.2, 0) is 14.8 Å². The standard InChI is InChI=1S/C21H26ClN3O4S/c1-21(2,3)29-20(26)25-9-5-7-15-12-24(13-17(15)25)30(27,28)18-8-4-6-14-10-23-11-16(22)19(14)18/h4,6,8,10-11,15,17H,5,7,9,12-13H2,1-3H3/t15-,17+/m1/s1. The number of hydrogen-bond donors (Lipinski definition) is 0. The molecule has 1 amide bonds. The van der Waals surface area contributed by atoms with Gasteiger partial charge < -0.3 is 9.64 Å². The quantitative estimate of drug-likeness (QED) is 0.691. The van der Waals surface area contributed by atoms with Gasteiger partial charge in [0, 0.05) is 42.8 Å². The number of halogens is 1. The summed E-state index contributed by atoms with van der Waals surface area (Å²) in [5.41, 5.74) is -0.595. The fraction of sp³-hybridized carbons (Fsp3) is 0.524. The van der Waals surface area contributed by atoms with Gasteiger partial charge in [-0.2, -0.15) is 4.31 Å². The molecule has 0 N–H and O–H groups in total. The van der Waals surface area contributed by atoms with E-state index in [0.29, 0.717) is 28.9 Å². The molecule has 0 bridgehead atoms. The van der Waals surface area contributed by atoms with Crippen LogP contribution in [0.4, 0.5) is 4.79 Å². The number of sulfonamides is 1. The normalized spacial score (nSPS) is 22.9. The number of carbonyl (C=O) groups excluding carboxylic acids is 1. The van der Waals surface area contributed by atoms with Gasteiger partial charge in [0.1, 0.15) is 5.60 Å². The first-order chi connectivity index (χ1) is 14.1. The number of benzene rings is 1. The lowest BCUT2D eigenvalue weighted by molar-refractivity contribution is 0.00643. The van der Waals surface area contributed by atoms with Crippen LogP contribution in [0.25, 0.3) is 10.8 Å². The van der Waals surface area contributed by atoms with Crippen molar-refractivity contribution in [2.75, 3.05) is 19.6 Å². The first-order valence-corrected chi connectivity index (χ1v) is 11.9. The van der Waals surface area contributed by atoms with Crippen molar-refractivity contribution >= 4 is 38.5 Å². The van der Waals surface area contributed by atoms with Crippen LogP contribution in [0.5, 0.6) is 0 Å². The molecular formula is C21H26ClN3O4S. The Morgan fingerprint density at radius 3 is 2.73 bits per heavy atom. The van der Waals surface area contributed by atoms with Crippen molar-refractivity contribution in [3.05, 3.63) is 35.6 Å². The van der Waals surface area contributed by atoms with Gasteiger partial charge in [-0.25, -0.2) is 13.2 Å². The molecule has 0 unspecified atom stereocenters. The fourth-order valence-corrected chi connectivity index (χ4v) is 6.47. The van der Waals surface area contributed by atoms with E-state index in [1.54, 1.807) is 29.3 Å². The summed E-state index contributed by atoms with van der Waals surface area (Å²) >= 11 is 6.31. The zero-order valence-corrected chi connectivity index (χ0v) is 18.9. The second-order valence-electron chi connectivity index (χ2n) is 8.94. The molecular weight excluding hydrogens is 426 g/mol. The lowest BCUT2D eigenvalue weighted by Crippen LogP contribution is -2.50. The molecule has 162 valence electrons. The molecule has 2 aliphatic rings. The van der Waals surface area contributed by atoms with Crippen molar-refractivity contribution in [1.29, 1.82) is 0 Å². The maximum absolute atomic E-state index is 13.6. The smallest absolute Gasteiger partial charge is 0.410 e. The Kier molecular flexibility index (Phi) is 5.45. The molecule has 2 aliphatic heterocycles. The molecule has 2 atom stereocenters. The highest BCUT2D eigenvalue weighted by Gasteiger charge is 2.46. The van der Waals surface area contributed by atoms with Crippen molar-refractivity contribution in [2.24, 2.45) is 5.92 Å². The number of piperidine rings is 1. The van der Waals surface area contributed by atoms with E-state index < -0.39 is 15.6 Å². The van der Waals surface area contributed by atoms with Crippen LogP contribution in [0.1, 0.15) is 33.6 Å². The monoisotopic (exact) mass is 451 g/mol. The van der Waals surface area contributed by atoms with E-state index in [1.807, 2.05) is 20.8 Å². The molecule has 30 heavy (non-hydrogen) atoms. The Morgan fingerprint density at radius 1 is 1.23 bits per heavy atom. The van der Waals surface area contributed by atoms with Gasteiger partial charge in [0.05, 0.1) is 16.0 Å². The summed E-state index contributed by atoms with van der Waals surface area (Å²) < 4.78 is 34.2. The van der Waals surface area contributed by atoms with Gasteiger partial charge in [-0.3, -0.25) is 4.98 Å². The molecule has 0 saturated carbocycles. The van der Waals surface area contributed by atoms with Crippen molar-refractivity contribution in [3.8, 4) is 0 Å². The van der Waals surface area contributed by atoms with Gasteiger partial charge in [0.15, 0.2) is 0 Å². The number of aromatic nitrogens is 1. The maximum atomic E-state index is 13.6. The third-order valence-corrected chi connectivity index (χ3v) is 7.85. The molecule has 3 heterocycles. The van der Waals surface area contributed by atoms with Crippen LogP contribution in [0.15, 0.2) is 35.5 Å². The Balaban J connectivity index is 1.64. The van der Waals surface area contributed by atoms with Gasteiger partial charge in [0.25, 0.3) is 0 Å². The van der Waals surface area contributed by atoms with Crippen molar-refractivity contribution in [2.45, 2.75) is 50.2 Å². The Morgan fingerprint density at radius 2 is 2.00 bits per heavy atom. The molecule has 0 spiro atoms. The van der Waals surface area contributed by atoms with E-state index in [9.17, 15) is 13.2 Å². The molecule has 0 aliphatic carbocycles. The number of carbonyl (C=O) groups is 1. The van der Waals surface area contributed by atoms with E-state index in [2.05, 4.69) is 4.98 Å². The number of amides is 1. The number of nitrogens with zero attached hydrogens (tertiary/aromatic N) is 3. The SMILES string of the molecule is CC(C)(C)OC(=O)N1CCC[C@@H]2CN(S(=O)(=O)c3cccc4cncc(Cl)c34)C[C@@H]21. The third kappa shape index (κ3) is 3.88. The Labute approximate surface area is 182 Å². The molecule has 2 saturated heterocycles.